The number of carbonyl (C=O) groups excluding carboxylic acids is 2. The minimum absolute atomic E-state index is 0.197. The molecule has 1 atom stereocenters. The van der Waals surface area contributed by atoms with E-state index < -0.39 is 6.10 Å². The molecule has 0 aromatic heterocycles. The topological polar surface area (TPSA) is 67.4 Å². The number of anilines is 1. The Bertz CT molecular complexity index is 756. The predicted molar refractivity (Wildman–Crippen MR) is 108 cm³/mol. The number of carbonyl (C=O) groups is 2. The lowest BCUT2D eigenvalue weighted by Crippen LogP contribution is -2.33. The van der Waals surface area contributed by atoms with Gasteiger partial charge in [0.1, 0.15) is 5.75 Å². The van der Waals surface area contributed by atoms with Crippen LogP contribution in [0.15, 0.2) is 48.5 Å². The van der Waals surface area contributed by atoms with Crippen LogP contribution in [-0.4, -0.2) is 24.5 Å². The Morgan fingerprint density at radius 2 is 1.70 bits per heavy atom. The molecule has 2 N–H and O–H groups in total. The quantitative estimate of drug-likeness (QED) is 0.697. The molecule has 0 aliphatic rings. The first-order valence-corrected chi connectivity index (χ1v) is 9.52. The first-order chi connectivity index (χ1) is 13.1. The van der Waals surface area contributed by atoms with Crippen LogP contribution >= 0.6 is 0 Å². The highest BCUT2D eigenvalue weighted by Gasteiger charge is 2.21. The first-order valence-electron chi connectivity index (χ1n) is 9.52. The number of nitrogens with one attached hydrogen (secondary N) is 2. The van der Waals surface area contributed by atoms with E-state index in [2.05, 4.69) is 17.6 Å². The highest BCUT2D eigenvalue weighted by atomic mass is 16.5. The summed E-state index contributed by atoms with van der Waals surface area (Å²) in [5.41, 5.74) is 2.15. The molecule has 27 heavy (non-hydrogen) atoms. The van der Waals surface area contributed by atoms with Crippen molar-refractivity contribution >= 4 is 17.5 Å². The van der Waals surface area contributed by atoms with E-state index in [9.17, 15) is 9.59 Å². The summed E-state index contributed by atoms with van der Waals surface area (Å²) in [6.45, 7) is 6.57. The maximum Gasteiger partial charge on any atom is 0.265 e. The van der Waals surface area contributed by atoms with Gasteiger partial charge in [-0.1, -0.05) is 45.0 Å². The van der Waals surface area contributed by atoms with E-state index in [1.165, 1.54) is 5.56 Å². The minimum Gasteiger partial charge on any atom is -0.481 e. The second-order valence-electron chi connectivity index (χ2n) is 6.30. The minimum atomic E-state index is -0.635. The summed E-state index contributed by atoms with van der Waals surface area (Å²) in [4.78, 5) is 25.0. The van der Waals surface area contributed by atoms with Crippen molar-refractivity contribution in [2.45, 2.75) is 46.1 Å². The van der Waals surface area contributed by atoms with Crippen molar-refractivity contribution in [1.29, 1.82) is 0 Å². The maximum absolute atomic E-state index is 12.7. The Morgan fingerprint density at radius 1 is 1.00 bits per heavy atom. The van der Waals surface area contributed by atoms with Crippen LogP contribution in [0.1, 0.15) is 49.5 Å². The SMILES string of the molecule is CCCNC(=O)c1ccccc1NC(=O)[C@H](CC)Oc1ccc(CC)cc1. The number of hydrogen-bond acceptors (Lipinski definition) is 3. The third kappa shape index (κ3) is 5.84. The number of ether oxygens (including phenoxy) is 1. The van der Waals surface area contributed by atoms with E-state index in [0.29, 0.717) is 30.0 Å². The lowest BCUT2D eigenvalue weighted by Gasteiger charge is -2.18. The Morgan fingerprint density at radius 3 is 2.33 bits per heavy atom. The number of benzene rings is 2. The Kier molecular flexibility index (Phi) is 7.86. The zero-order valence-corrected chi connectivity index (χ0v) is 16.2. The molecular weight excluding hydrogens is 340 g/mol. The number of para-hydroxylation sites is 1. The van der Waals surface area contributed by atoms with Crippen LogP contribution in [0.25, 0.3) is 0 Å². The lowest BCUT2D eigenvalue weighted by molar-refractivity contribution is -0.122. The molecule has 5 heteroatoms. The summed E-state index contributed by atoms with van der Waals surface area (Å²) in [6.07, 6.45) is 1.69. The molecule has 2 aromatic carbocycles. The second kappa shape index (κ2) is 10.4. The van der Waals surface area contributed by atoms with Crippen LogP contribution in [0.3, 0.4) is 0 Å². The summed E-state index contributed by atoms with van der Waals surface area (Å²) in [7, 11) is 0. The molecule has 0 spiro atoms. The molecule has 0 fully saturated rings. The number of amides is 2. The van der Waals surface area contributed by atoms with Crippen molar-refractivity contribution < 1.29 is 14.3 Å². The van der Waals surface area contributed by atoms with E-state index in [4.69, 9.17) is 4.74 Å². The molecule has 0 radical (unpaired) electrons. The fourth-order valence-corrected chi connectivity index (χ4v) is 2.63. The van der Waals surface area contributed by atoms with Crippen molar-refractivity contribution in [1.82, 2.24) is 5.32 Å². The highest BCUT2D eigenvalue weighted by molar-refractivity contribution is 6.04. The standard InChI is InChI=1S/C22H28N2O3/c1-4-15-23-21(25)18-9-7-8-10-19(18)24-22(26)20(6-3)27-17-13-11-16(5-2)12-14-17/h7-14,20H,4-6,15H2,1-3H3,(H,23,25)(H,24,26)/t20-/m0/s1. The molecule has 2 amide bonds. The maximum atomic E-state index is 12.7. The third-order valence-corrected chi connectivity index (χ3v) is 4.24. The Hall–Kier alpha value is -2.82. The number of rotatable bonds is 9. The van der Waals surface area contributed by atoms with E-state index in [0.717, 1.165) is 12.8 Å². The van der Waals surface area contributed by atoms with Gasteiger partial charge in [-0.2, -0.15) is 0 Å². The van der Waals surface area contributed by atoms with Gasteiger partial charge in [-0.05, 0) is 49.1 Å². The van der Waals surface area contributed by atoms with Gasteiger partial charge in [-0.3, -0.25) is 9.59 Å². The average Bonchev–Trinajstić information content (AvgIpc) is 2.70. The molecule has 5 nitrogen and oxygen atoms in total. The molecule has 2 rings (SSSR count). The predicted octanol–water partition coefficient (Wildman–Crippen LogP) is 4.18. The highest BCUT2D eigenvalue weighted by Crippen LogP contribution is 2.19. The molecule has 144 valence electrons. The first kappa shape index (κ1) is 20.5. The molecule has 0 heterocycles. The van der Waals surface area contributed by atoms with Gasteiger partial charge in [0.05, 0.1) is 11.3 Å². The smallest absolute Gasteiger partial charge is 0.265 e. The fourth-order valence-electron chi connectivity index (χ4n) is 2.63. The molecule has 0 aliphatic carbocycles. The zero-order valence-electron chi connectivity index (χ0n) is 16.2. The van der Waals surface area contributed by atoms with E-state index >= 15 is 0 Å². The number of aryl methyl sites for hydroxylation is 1. The van der Waals surface area contributed by atoms with Gasteiger partial charge in [-0.25, -0.2) is 0 Å². The van der Waals surface area contributed by atoms with Crippen LogP contribution in [-0.2, 0) is 11.2 Å². The van der Waals surface area contributed by atoms with Gasteiger partial charge in [0.25, 0.3) is 11.8 Å². The normalized spacial score (nSPS) is 11.5. The lowest BCUT2D eigenvalue weighted by atomic mass is 10.1. The monoisotopic (exact) mass is 368 g/mol. The largest absolute Gasteiger partial charge is 0.481 e. The van der Waals surface area contributed by atoms with Crippen LogP contribution < -0.4 is 15.4 Å². The summed E-state index contributed by atoms with van der Waals surface area (Å²) < 4.78 is 5.85. The molecule has 0 saturated heterocycles. The van der Waals surface area contributed by atoms with Gasteiger partial charge < -0.3 is 15.4 Å². The van der Waals surface area contributed by atoms with Crippen molar-refractivity contribution in [3.05, 3.63) is 59.7 Å². The molecule has 0 saturated carbocycles. The fraction of sp³-hybridized carbons (Fsp3) is 0.364. The van der Waals surface area contributed by atoms with Gasteiger partial charge in [-0.15, -0.1) is 0 Å². The van der Waals surface area contributed by atoms with E-state index in [-0.39, 0.29) is 11.8 Å². The van der Waals surface area contributed by atoms with Crippen LogP contribution in [0.4, 0.5) is 5.69 Å². The molecule has 2 aromatic rings. The molecule has 0 unspecified atom stereocenters. The Balaban J connectivity index is 2.08. The summed E-state index contributed by atoms with van der Waals surface area (Å²) in [5.74, 6) is 0.188. The number of hydrogen-bond donors (Lipinski definition) is 2. The van der Waals surface area contributed by atoms with Gasteiger partial charge >= 0.3 is 0 Å². The Labute approximate surface area is 161 Å². The molecular formula is C22H28N2O3. The zero-order chi connectivity index (χ0) is 19.6. The average molecular weight is 368 g/mol. The van der Waals surface area contributed by atoms with Crippen molar-refractivity contribution in [2.75, 3.05) is 11.9 Å². The molecule has 0 bridgehead atoms. The van der Waals surface area contributed by atoms with Crippen molar-refractivity contribution in [3.8, 4) is 5.75 Å². The van der Waals surface area contributed by atoms with Gasteiger partial charge in [0, 0.05) is 6.54 Å². The van der Waals surface area contributed by atoms with Gasteiger partial charge in [0.2, 0.25) is 0 Å². The van der Waals surface area contributed by atoms with Gasteiger partial charge in [0.15, 0.2) is 6.10 Å². The second-order valence-corrected chi connectivity index (χ2v) is 6.30. The van der Waals surface area contributed by atoms with Crippen LogP contribution in [0.2, 0.25) is 0 Å². The van der Waals surface area contributed by atoms with Crippen molar-refractivity contribution in [3.63, 3.8) is 0 Å². The van der Waals surface area contributed by atoms with Crippen molar-refractivity contribution in [2.24, 2.45) is 0 Å². The van der Waals surface area contributed by atoms with E-state index in [1.54, 1.807) is 24.3 Å². The summed E-state index contributed by atoms with van der Waals surface area (Å²) in [6, 6.07) is 14.7. The van der Waals surface area contributed by atoms with Crippen LogP contribution in [0, 0.1) is 0 Å². The molecule has 0 aliphatic heterocycles. The summed E-state index contributed by atoms with van der Waals surface area (Å²) >= 11 is 0. The summed E-state index contributed by atoms with van der Waals surface area (Å²) in [5, 5.41) is 5.67. The van der Waals surface area contributed by atoms with E-state index in [1.807, 2.05) is 38.1 Å². The third-order valence-electron chi connectivity index (χ3n) is 4.24. The van der Waals surface area contributed by atoms with Crippen LogP contribution in [0.5, 0.6) is 5.75 Å².